The molecule has 0 saturated carbocycles. The number of aliphatic carboxylic acids is 1. The summed E-state index contributed by atoms with van der Waals surface area (Å²) in [7, 11) is 0. The van der Waals surface area contributed by atoms with E-state index in [1.807, 2.05) is 24.3 Å². The lowest BCUT2D eigenvalue weighted by molar-refractivity contribution is -0.142. The van der Waals surface area contributed by atoms with Crippen molar-refractivity contribution < 1.29 is 9.90 Å². The number of hydrogen-bond donors (Lipinski definition) is 1. The summed E-state index contributed by atoms with van der Waals surface area (Å²) in [5.41, 5.74) is 3.44. The molecule has 26 heavy (non-hydrogen) atoms. The Morgan fingerprint density at radius 1 is 1.04 bits per heavy atom. The first-order valence-electron chi connectivity index (χ1n) is 9.19. The van der Waals surface area contributed by atoms with Gasteiger partial charge in [0.05, 0.1) is 17.0 Å². The lowest BCUT2D eigenvalue weighted by Crippen LogP contribution is -2.37. The molecule has 2 aromatic carbocycles. The first-order valence-corrected chi connectivity index (χ1v) is 9.19. The summed E-state index contributed by atoms with van der Waals surface area (Å²) in [6.07, 6.45) is 2.30. The Labute approximate surface area is 152 Å². The third-order valence-corrected chi connectivity index (χ3v) is 5.23. The second-order valence-electron chi connectivity index (χ2n) is 6.89. The number of piperidine rings is 1. The highest BCUT2D eigenvalue weighted by Crippen LogP contribution is 2.27. The third kappa shape index (κ3) is 3.29. The van der Waals surface area contributed by atoms with Gasteiger partial charge in [0.25, 0.3) is 0 Å². The van der Waals surface area contributed by atoms with Crippen molar-refractivity contribution in [2.45, 2.75) is 25.8 Å². The number of carbonyl (C=O) groups is 1. The molecule has 2 heterocycles. The van der Waals surface area contributed by atoms with Crippen LogP contribution >= 0.6 is 0 Å². The maximum Gasteiger partial charge on any atom is 0.306 e. The standard InChI is InChI=1S/C21H23N3O2/c25-20(26)17-11-13-23(14-12-17)21-22-18-8-4-5-9-19(18)24(21)15-10-16-6-2-1-3-7-16/h1-9,17H,10-15H2,(H,25,26). The third-order valence-electron chi connectivity index (χ3n) is 5.23. The molecular formula is C21H23N3O2. The minimum atomic E-state index is -0.678. The molecule has 0 unspecified atom stereocenters. The number of rotatable bonds is 5. The molecule has 1 saturated heterocycles. The second kappa shape index (κ2) is 7.20. The molecule has 5 nitrogen and oxygen atoms in total. The van der Waals surface area contributed by atoms with Gasteiger partial charge in [-0.2, -0.15) is 0 Å². The molecule has 134 valence electrons. The molecule has 0 radical (unpaired) electrons. The van der Waals surface area contributed by atoms with Gasteiger partial charge in [-0.25, -0.2) is 4.98 Å². The summed E-state index contributed by atoms with van der Waals surface area (Å²) in [6, 6.07) is 18.7. The zero-order chi connectivity index (χ0) is 17.9. The highest BCUT2D eigenvalue weighted by molar-refractivity contribution is 5.79. The lowest BCUT2D eigenvalue weighted by Gasteiger charge is -2.31. The van der Waals surface area contributed by atoms with Gasteiger partial charge in [0.2, 0.25) is 5.95 Å². The Morgan fingerprint density at radius 3 is 2.46 bits per heavy atom. The summed E-state index contributed by atoms with van der Waals surface area (Å²) in [5.74, 6) is 0.0570. The molecule has 0 spiro atoms. The number of carboxylic acids is 1. The van der Waals surface area contributed by atoms with Crippen molar-refractivity contribution >= 4 is 23.0 Å². The van der Waals surface area contributed by atoms with Gasteiger partial charge in [-0.05, 0) is 37.0 Å². The van der Waals surface area contributed by atoms with Crippen molar-refractivity contribution in [1.29, 1.82) is 0 Å². The first kappa shape index (κ1) is 16.6. The summed E-state index contributed by atoms with van der Waals surface area (Å²) < 4.78 is 2.28. The molecule has 1 N–H and O–H groups in total. The second-order valence-corrected chi connectivity index (χ2v) is 6.89. The molecule has 4 rings (SSSR count). The van der Waals surface area contributed by atoms with E-state index in [0.717, 1.165) is 43.0 Å². The van der Waals surface area contributed by atoms with Crippen LogP contribution in [0.1, 0.15) is 18.4 Å². The fourth-order valence-corrected chi connectivity index (χ4v) is 3.74. The van der Waals surface area contributed by atoms with Crippen LogP contribution in [0.25, 0.3) is 11.0 Å². The van der Waals surface area contributed by atoms with E-state index in [1.165, 1.54) is 5.56 Å². The van der Waals surface area contributed by atoms with E-state index >= 15 is 0 Å². The molecule has 5 heteroatoms. The average Bonchev–Trinajstić information content (AvgIpc) is 3.06. The minimum absolute atomic E-state index is 0.228. The van der Waals surface area contributed by atoms with Crippen LogP contribution in [0.5, 0.6) is 0 Å². The highest BCUT2D eigenvalue weighted by atomic mass is 16.4. The number of imidazole rings is 1. The molecular weight excluding hydrogens is 326 g/mol. The molecule has 3 aromatic rings. The molecule has 0 atom stereocenters. The monoisotopic (exact) mass is 349 g/mol. The van der Waals surface area contributed by atoms with Crippen molar-refractivity contribution in [3.05, 3.63) is 60.2 Å². The van der Waals surface area contributed by atoms with E-state index in [2.05, 4.69) is 39.8 Å². The SMILES string of the molecule is O=C(O)C1CCN(c2nc3ccccc3n2CCc2ccccc2)CC1. The van der Waals surface area contributed by atoms with E-state index in [-0.39, 0.29) is 5.92 Å². The van der Waals surface area contributed by atoms with Crippen molar-refractivity contribution in [1.82, 2.24) is 9.55 Å². The Bertz CT molecular complexity index is 896. The van der Waals surface area contributed by atoms with E-state index in [0.29, 0.717) is 12.8 Å². The van der Waals surface area contributed by atoms with Gasteiger partial charge in [0.1, 0.15) is 0 Å². The van der Waals surface area contributed by atoms with Crippen molar-refractivity contribution in [3.63, 3.8) is 0 Å². The van der Waals surface area contributed by atoms with Crippen molar-refractivity contribution in [2.75, 3.05) is 18.0 Å². The van der Waals surface area contributed by atoms with Crippen LogP contribution in [0.2, 0.25) is 0 Å². The number of hydrogen-bond acceptors (Lipinski definition) is 3. The van der Waals surface area contributed by atoms with Gasteiger partial charge in [0, 0.05) is 19.6 Å². The zero-order valence-corrected chi connectivity index (χ0v) is 14.7. The van der Waals surface area contributed by atoms with Crippen LogP contribution < -0.4 is 4.90 Å². The first-order chi connectivity index (χ1) is 12.7. The fourth-order valence-electron chi connectivity index (χ4n) is 3.74. The normalized spacial score (nSPS) is 15.5. The predicted molar refractivity (Wildman–Crippen MR) is 102 cm³/mol. The molecule has 1 fully saturated rings. The molecule has 0 bridgehead atoms. The number of aromatic nitrogens is 2. The number of carboxylic acid groups (broad SMARTS) is 1. The summed E-state index contributed by atoms with van der Waals surface area (Å²) in [4.78, 5) is 18.3. The van der Waals surface area contributed by atoms with Gasteiger partial charge in [-0.15, -0.1) is 0 Å². The Balaban J connectivity index is 1.61. The van der Waals surface area contributed by atoms with Gasteiger partial charge < -0.3 is 14.6 Å². The Morgan fingerprint density at radius 2 is 1.73 bits per heavy atom. The van der Waals surface area contributed by atoms with Gasteiger partial charge >= 0.3 is 5.97 Å². The number of fused-ring (bicyclic) bond motifs is 1. The van der Waals surface area contributed by atoms with Gasteiger partial charge in [-0.3, -0.25) is 4.79 Å². The number of nitrogens with zero attached hydrogens (tertiary/aromatic N) is 3. The maximum absolute atomic E-state index is 11.2. The zero-order valence-electron chi connectivity index (χ0n) is 14.7. The molecule has 0 amide bonds. The smallest absolute Gasteiger partial charge is 0.306 e. The Kier molecular flexibility index (Phi) is 4.61. The van der Waals surface area contributed by atoms with Crippen LogP contribution in [0.15, 0.2) is 54.6 Å². The average molecular weight is 349 g/mol. The van der Waals surface area contributed by atoms with Gasteiger partial charge in [0.15, 0.2) is 0 Å². The van der Waals surface area contributed by atoms with E-state index in [1.54, 1.807) is 0 Å². The summed E-state index contributed by atoms with van der Waals surface area (Å²) in [6.45, 7) is 2.34. The quantitative estimate of drug-likeness (QED) is 0.765. The molecule has 1 aromatic heterocycles. The number of para-hydroxylation sites is 2. The van der Waals surface area contributed by atoms with Crippen LogP contribution in [0.4, 0.5) is 5.95 Å². The largest absolute Gasteiger partial charge is 0.481 e. The highest BCUT2D eigenvalue weighted by Gasteiger charge is 2.27. The summed E-state index contributed by atoms with van der Waals surface area (Å²) in [5, 5.41) is 9.23. The van der Waals surface area contributed by atoms with Crippen LogP contribution in [0.3, 0.4) is 0 Å². The van der Waals surface area contributed by atoms with Crippen molar-refractivity contribution in [2.24, 2.45) is 5.92 Å². The van der Waals surface area contributed by atoms with Crippen molar-refractivity contribution in [3.8, 4) is 0 Å². The van der Waals surface area contributed by atoms with Crippen LogP contribution in [-0.2, 0) is 17.8 Å². The van der Waals surface area contributed by atoms with Gasteiger partial charge in [-0.1, -0.05) is 42.5 Å². The summed E-state index contributed by atoms with van der Waals surface area (Å²) >= 11 is 0. The molecule has 1 aliphatic rings. The predicted octanol–water partition coefficient (Wildman–Crippen LogP) is 3.58. The van der Waals surface area contributed by atoms with Crippen LogP contribution in [0, 0.1) is 5.92 Å². The van der Waals surface area contributed by atoms with Crippen LogP contribution in [-0.4, -0.2) is 33.7 Å². The fraction of sp³-hybridized carbons (Fsp3) is 0.333. The lowest BCUT2D eigenvalue weighted by atomic mass is 9.97. The van der Waals surface area contributed by atoms with E-state index in [9.17, 15) is 9.90 Å². The number of aryl methyl sites for hydroxylation is 2. The molecule has 0 aliphatic carbocycles. The minimum Gasteiger partial charge on any atom is -0.481 e. The molecule has 1 aliphatic heterocycles. The maximum atomic E-state index is 11.2. The number of benzene rings is 2. The van der Waals surface area contributed by atoms with E-state index in [4.69, 9.17) is 4.98 Å². The van der Waals surface area contributed by atoms with E-state index < -0.39 is 5.97 Å². The number of anilines is 1. The topological polar surface area (TPSA) is 58.4 Å². The Hall–Kier alpha value is -2.82.